The Kier molecular flexibility index (Phi) is 10.3. The maximum Gasteiger partial charge on any atom is 0.165 e. The van der Waals surface area contributed by atoms with E-state index in [1.54, 1.807) is 0 Å². The number of nitrogens with zero attached hydrogens (tertiary/aromatic N) is 8. The van der Waals surface area contributed by atoms with Crippen molar-refractivity contribution in [2.45, 2.75) is 0 Å². The lowest BCUT2D eigenvalue weighted by atomic mass is 9.93. The van der Waals surface area contributed by atoms with Gasteiger partial charge in [-0.2, -0.15) is 0 Å². The second kappa shape index (κ2) is 18.7. The monoisotopic (exact) mass is 1120 g/mol. The molecule has 408 valence electrons. The van der Waals surface area contributed by atoms with Crippen LogP contribution in [0.5, 0.6) is 0 Å². The quantitative estimate of drug-likeness (QED) is 0.165. The first kappa shape index (κ1) is 48.3. The minimum absolute atomic E-state index is 0.814. The predicted molar refractivity (Wildman–Crippen MR) is 359 cm³/mol. The van der Waals surface area contributed by atoms with Crippen LogP contribution in [0.25, 0.3) is 183 Å². The minimum Gasteiger partial charge on any atom is -0.455 e. The van der Waals surface area contributed by atoms with Crippen LogP contribution in [0.15, 0.2) is 283 Å². The van der Waals surface area contributed by atoms with E-state index in [0.717, 1.165) is 134 Å². The second-order valence-corrected chi connectivity index (χ2v) is 22.6. The molecule has 0 amide bonds. The summed E-state index contributed by atoms with van der Waals surface area (Å²) in [6, 6.07) is 97.2. The van der Waals surface area contributed by atoms with Crippen LogP contribution in [0.4, 0.5) is 0 Å². The van der Waals surface area contributed by atoms with Crippen LogP contribution in [0.1, 0.15) is 0 Å². The molecule has 0 N–H and O–H groups in total. The summed E-state index contributed by atoms with van der Waals surface area (Å²) in [4.78, 5) is 26.3. The molecule has 1 aliphatic carbocycles. The zero-order valence-corrected chi connectivity index (χ0v) is 47.0. The zero-order valence-electron chi connectivity index (χ0n) is 47.0. The molecule has 0 spiro atoms. The topological polar surface area (TPSA) is 91.9 Å². The van der Waals surface area contributed by atoms with Crippen LogP contribution in [0.2, 0.25) is 0 Å². The van der Waals surface area contributed by atoms with Crippen molar-refractivity contribution >= 4 is 104 Å². The molecule has 0 atom stereocenters. The fourth-order valence-corrected chi connectivity index (χ4v) is 14.1. The number of imidazole rings is 1. The molecule has 0 unspecified atom stereocenters. The van der Waals surface area contributed by atoms with Crippen molar-refractivity contribution in [3.63, 3.8) is 0 Å². The summed E-state index contributed by atoms with van der Waals surface area (Å²) in [6.07, 6.45) is 0. The molecular weight excluding hydrogens is 1080 g/mol. The van der Waals surface area contributed by atoms with Crippen LogP contribution < -0.4 is 0 Å². The van der Waals surface area contributed by atoms with Gasteiger partial charge in [0, 0.05) is 60.1 Å². The number of furan rings is 1. The average Bonchev–Trinajstić information content (AvgIpc) is 1.56. The Morgan fingerprint density at radius 2 is 0.739 bits per heavy atom. The fourth-order valence-electron chi connectivity index (χ4n) is 14.1. The number of hydrogen-bond donors (Lipinski definition) is 0. The lowest BCUT2D eigenvalue weighted by molar-refractivity contribution is 0.632. The van der Waals surface area contributed by atoms with Crippen LogP contribution in [-0.2, 0) is 0 Å². The Morgan fingerprint density at radius 3 is 1.39 bits per heavy atom. The second-order valence-electron chi connectivity index (χ2n) is 22.6. The Bertz CT molecular complexity index is 6040. The molecule has 88 heavy (non-hydrogen) atoms. The van der Waals surface area contributed by atoms with Crippen LogP contribution in [0.3, 0.4) is 0 Å². The first-order valence-electron chi connectivity index (χ1n) is 29.7. The third kappa shape index (κ3) is 6.95. The van der Waals surface area contributed by atoms with Gasteiger partial charge in [0.05, 0.1) is 60.7 Å². The Balaban J connectivity index is 0.000000128. The van der Waals surface area contributed by atoms with Crippen molar-refractivity contribution in [1.82, 2.24) is 38.5 Å². The van der Waals surface area contributed by atoms with E-state index in [1.165, 1.54) is 49.0 Å². The van der Waals surface area contributed by atoms with E-state index in [1.807, 2.05) is 66.7 Å². The highest BCUT2D eigenvalue weighted by Gasteiger charge is 2.31. The van der Waals surface area contributed by atoms with Crippen molar-refractivity contribution in [2.75, 3.05) is 0 Å². The van der Waals surface area contributed by atoms with Gasteiger partial charge in [0.2, 0.25) is 0 Å². The van der Waals surface area contributed by atoms with Crippen molar-refractivity contribution in [1.29, 1.82) is 0 Å². The van der Waals surface area contributed by atoms with Crippen LogP contribution in [0, 0.1) is 0 Å². The van der Waals surface area contributed by atoms with Gasteiger partial charge >= 0.3 is 0 Å². The molecule has 9 nitrogen and oxygen atoms in total. The van der Waals surface area contributed by atoms with E-state index >= 15 is 0 Å². The molecule has 0 radical (unpaired) electrons. The Hall–Kier alpha value is -12.1. The lowest BCUT2D eigenvalue weighted by Crippen LogP contribution is -2.03. The third-order valence-electron chi connectivity index (χ3n) is 17.8. The first-order valence-corrected chi connectivity index (χ1v) is 29.7. The van der Waals surface area contributed by atoms with Gasteiger partial charge in [0.15, 0.2) is 11.6 Å². The Morgan fingerprint density at radius 1 is 0.273 bits per heavy atom. The smallest absolute Gasteiger partial charge is 0.165 e. The standard InChI is InChI=1S/C40H23N3O.C39H23N5/c1-3-12-24(13-4-1)38-40(42-30-20-10-9-19-29(30)41-38)43-31-21-11-18-27-26-16-7-8-17-28(26)35-37-33(23-22-32(43)36(37)34(27)31)44-39(35)25-14-5-2-6-15-25;1-3-12-24(13-4-1)36-39(41-29-19-9-8-18-28(29)40-36)43-32-21-11-17-27-26-16-7-10-20-31(26)44-37-30(22-23-33(43)35(37)34(27)32)42-38(44)25-14-5-2-6-15-25/h2*1-23H. The van der Waals surface area contributed by atoms with Crippen molar-refractivity contribution in [3.8, 4) is 79.1 Å². The van der Waals surface area contributed by atoms with Crippen LogP contribution in [-0.4, -0.2) is 38.5 Å². The van der Waals surface area contributed by atoms with Gasteiger partial charge in [-0.25, -0.2) is 24.9 Å². The molecule has 7 heterocycles. The highest BCUT2D eigenvalue weighted by molar-refractivity contribution is 6.32. The number of para-hydroxylation sites is 5. The van der Waals surface area contributed by atoms with Crippen molar-refractivity contribution < 1.29 is 4.42 Å². The fraction of sp³-hybridized carbons (Fsp3) is 0. The molecular formula is C79H46N8O. The van der Waals surface area contributed by atoms with E-state index < -0.39 is 0 Å². The predicted octanol–water partition coefficient (Wildman–Crippen LogP) is 19.9. The molecule has 0 aliphatic heterocycles. The van der Waals surface area contributed by atoms with Gasteiger partial charge in [-0.05, 0) is 88.8 Å². The molecule has 0 bridgehead atoms. The normalized spacial score (nSPS) is 12.1. The van der Waals surface area contributed by atoms with E-state index in [-0.39, 0.29) is 0 Å². The molecule has 1 aliphatic rings. The van der Waals surface area contributed by atoms with Gasteiger partial charge in [-0.15, -0.1) is 0 Å². The maximum absolute atomic E-state index is 6.75. The largest absolute Gasteiger partial charge is 0.455 e. The number of hydrogen-bond acceptors (Lipinski definition) is 6. The summed E-state index contributed by atoms with van der Waals surface area (Å²) in [7, 11) is 0. The van der Waals surface area contributed by atoms with Crippen molar-refractivity contribution in [2.24, 2.45) is 0 Å². The number of fused-ring (bicyclic) bond motifs is 8. The molecule has 7 aromatic heterocycles. The summed E-state index contributed by atoms with van der Waals surface area (Å²) in [6.45, 7) is 0. The van der Waals surface area contributed by atoms with Gasteiger partial charge in [0.1, 0.15) is 28.6 Å². The van der Waals surface area contributed by atoms with Gasteiger partial charge in [-0.1, -0.05) is 212 Å². The SMILES string of the molecule is c1ccc(-c2nc3ccccc3nc2-n2c3cccc4c3c3c5c(c(-c6ccccc6)oc5ccc32)-c2ccccc2-4)cc1.c1ccc(-c2nc3ccccc3nc2-n2c3cccc4c5ccccc5n5c(-c6ccccc6)nc6ccc2c(c43)c65)cc1. The summed E-state index contributed by atoms with van der Waals surface area (Å²) >= 11 is 0. The van der Waals surface area contributed by atoms with Gasteiger partial charge < -0.3 is 4.42 Å². The van der Waals surface area contributed by atoms with Gasteiger partial charge in [0.25, 0.3) is 0 Å². The minimum atomic E-state index is 0.814. The average molecular weight is 1120 g/mol. The highest BCUT2D eigenvalue weighted by atomic mass is 16.3. The molecule has 0 saturated heterocycles. The molecule has 9 heteroatoms. The molecule has 12 aromatic carbocycles. The lowest BCUT2D eigenvalue weighted by Gasteiger charge is -2.15. The summed E-state index contributed by atoms with van der Waals surface area (Å²) in [5.41, 5.74) is 22.5. The molecule has 0 saturated carbocycles. The highest BCUT2D eigenvalue weighted by Crippen LogP contribution is 2.54. The summed E-state index contributed by atoms with van der Waals surface area (Å²) < 4.78 is 13.7. The van der Waals surface area contributed by atoms with Crippen LogP contribution >= 0.6 is 0 Å². The Labute approximate surface area is 502 Å². The van der Waals surface area contributed by atoms with E-state index in [9.17, 15) is 0 Å². The maximum atomic E-state index is 6.75. The van der Waals surface area contributed by atoms with Crippen molar-refractivity contribution in [3.05, 3.63) is 279 Å². The first-order chi connectivity index (χ1) is 43.7. The molecule has 20 rings (SSSR count). The van der Waals surface area contributed by atoms with E-state index in [2.05, 4.69) is 226 Å². The molecule has 19 aromatic rings. The molecule has 0 fully saturated rings. The summed E-state index contributed by atoms with van der Waals surface area (Å²) in [5.74, 6) is 3.46. The zero-order chi connectivity index (χ0) is 57.6. The number of rotatable bonds is 6. The number of aromatic nitrogens is 8. The third-order valence-corrected chi connectivity index (χ3v) is 17.8. The van der Waals surface area contributed by atoms with E-state index in [4.69, 9.17) is 29.3 Å². The van der Waals surface area contributed by atoms with E-state index in [0.29, 0.717) is 0 Å². The van der Waals surface area contributed by atoms with Gasteiger partial charge in [-0.3, -0.25) is 13.5 Å². The number of benzene rings is 12. The summed E-state index contributed by atoms with van der Waals surface area (Å²) in [5, 5.41) is 8.27.